The minimum atomic E-state index is -0.0489. The minimum absolute atomic E-state index is 0.0489. The Morgan fingerprint density at radius 1 is 1.29 bits per heavy atom. The highest BCUT2D eigenvalue weighted by atomic mass is 16.5. The first-order valence-corrected chi connectivity index (χ1v) is 8.44. The molecule has 2 heterocycles. The summed E-state index contributed by atoms with van der Waals surface area (Å²) >= 11 is 0. The molecule has 1 N–H and O–H groups in total. The summed E-state index contributed by atoms with van der Waals surface area (Å²) in [5, 5.41) is 3.81. The molecular weight excluding hydrogens is 258 g/mol. The molecule has 0 spiro atoms. The summed E-state index contributed by atoms with van der Waals surface area (Å²) in [4.78, 5) is 0. The molecule has 2 heteroatoms. The van der Waals surface area contributed by atoms with Gasteiger partial charge in [0.25, 0.3) is 0 Å². The SMILES string of the molecule is CC(C)CC1(Cc2cccc3c2OC(C)(C)C3)CCCN1. The highest BCUT2D eigenvalue weighted by Gasteiger charge is 2.37. The van der Waals surface area contributed by atoms with E-state index in [9.17, 15) is 0 Å². The van der Waals surface area contributed by atoms with Gasteiger partial charge in [-0.1, -0.05) is 32.0 Å². The van der Waals surface area contributed by atoms with E-state index in [1.165, 1.54) is 36.1 Å². The number of hydrogen-bond acceptors (Lipinski definition) is 2. The summed E-state index contributed by atoms with van der Waals surface area (Å²) in [6.45, 7) is 10.2. The van der Waals surface area contributed by atoms with Crippen LogP contribution in [0.1, 0.15) is 58.1 Å². The van der Waals surface area contributed by atoms with E-state index in [1.807, 2.05) is 0 Å². The van der Waals surface area contributed by atoms with Crippen molar-refractivity contribution in [2.45, 2.75) is 70.9 Å². The molecule has 1 aromatic rings. The summed E-state index contributed by atoms with van der Waals surface area (Å²) in [5.41, 5.74) is 3.01. The van der Waals surface area contributed by atoms with E-state index in [0.717, 1.165) is 25.3 Å². The Morgan fingerprint density at radius 3 is 2.76 bits per heavy atom. The highest BCUT2D eigenvalue weighted by molar-refractivity contribution is 5.46. The van der Waals surface area contributed by atoms with Crippen LogP contribution in [0.2, 0.25) is 0 Å². The molecule has 2 nitrogen and oxygen atoms in total. The average Bonchev–Trinajstić information content (AvgIpc) is 2.92. The lowest BCUT2D eigenvalue weighted by Gasteiger charge is -2.32. The second-order valence-corrected chi connectivity index (χ2v) is 8.03. The summed E-state index contributed by atoms with van der Waals surface area (Å²) in [5.74, 6) is 1.89. The van der Waals surface area contributed by atoms with Crippen molar-refractivity contribution in [3.63, 3.8) is 0 Å². The molecule has 21 heavy (non-hydrogen) atoms. The van der Waals surface area contributed by atoms with Crippen LogP contribution in [0.25, 0.3) is 0 Å². The zero-order valence-electron chi connectivity index (χ0n) is 14.0. The molecule has 2 aliphatic rings. The third-order valence-electron chi connectivity index (χ3n) is 4.83. The van der Waals surface area contributed by atoms with Crippen molar-refractivity contribution >= 4 is 0 Å². The molecular formula is C19H29NO. The number of ether oxygens (including phenoxy) is 1. The van der Waals surface area contributed by atoms with Gasteiger partial charge in [-0.3, -0.25) is 0 Å². The fourth-order valence-corrected chi connectivity index (χ4v) is 4.23. The van der Waals surface area contributed by atoms with Crippen LogP contribution in [-0.4, -0.2) is 17.7 Å². The second kappa shape index (κ2) is 5.31. The van der Waals surface area contributed by atoms with E-state index in [0.29, 0.717) is 0 Å². The van der Waals surface area contributed by atoms with Crippen LogP contribution in [-0.2, 0) is 12.8 Å². The lowest BCUT2D eigenvalue weighted by molar-refractivity contribution is 0.136. The van der Waals surface area contributed by atoms with E-state index in [-0.39, 0.29) is 11.1 Å². The summed E-state index contributed by atoms with van der Waals surface area (Å²) in [6, 6.07) is 6.70. The van der Waals surface area contributed by atoms with Crippen LogP contribution in [0, 0.1) is 5.92 Å². The Kier molecular flexibility index (Phi) is 3.77. The summed E-state index contributed by atoms with van der Waals surface area (Å²) in [7, 11) is 0. The first-order chi connectivity index (χ1) is 9.89. The third-order valence-corrected chi connectivity index (χ3v) is 4.83. The maximum atomic E-state index is 6.26. The number of rotatable bonds is 4. The fourth-order valence-electron chi connectivity index (χ4n) is 4.23. The van der Waals surface area contributed by atoms with Crippen molar-refractivity contribution < 1.29 is 4.74 Å². The van der Waals surface area contributed by atoms with Crippen LogP contribution < -0.4 is 10.1 Å². The zero-order valence-corrected chi connectivity index (χ0v) is 14.0. The van der Waals surface area contributed by atoms with Gasteiger partial charge in [-0.25, -0.2) is 0 Å². The molecule has 0 radical (unpaired) electrons. The van der Waals surface area contributed by atoms with Gasteiger partial charge < -0.3 is 10.1 Å². The maximum Gasteiger partial charge on any atom is 0.126 e. The van der Waals surface area contributed by atoms with Crippen LogP contribution in [0.5, 0.6) is 5.75 Å². The molecule has 0 amide bonds. The Labute approximate surface area is 129 Å². The van der Waals surface area contributed by atoms with E-state index in [1.54, 1.807) is 0 Å². The lowest BCUT2D eigenvalue weighted by atomic mass is 9.81. The van der Waals surface area contributed by atoms with Crippen molar-refractivity contribution in [3.05, 3.63) is 29.3 Å². The molecule has 1 aromatic carbocycles. The first-order valence-electron chi connectivity index (χ1n) is 8.44. The molecule has 1 atom stereocenters. The largest absolute Gasteiger partial charge is 0.487 e. The summed E-state index contributed by atoms with van der Waals surface area (Å²) < 4.78 is 6.26. The van der Waals surface area contributed by atoms with Crippen molar-refractivity contribution in [1.29, 1.82) is 0 Å². The van der Waals surface area contributed by atoms with Gasteiger partial charge in [-0.2, -0.15) is 0 Å². The van der Waals surface area contributed by atoms with E-state index < -0.39 is 0 Å². The molecule has 0 bridgehead atoms. The van der Waals surface area contributed by atoms with E-state index in [4.69, 9.17) is 4.74 Å². The zero-order chi connectivity index (χ0) is 15.1. The summed E-state index contributed by atoms with van der Waals surface area (Å²) in [6.07, 6.45) is 5.97. The Morgan fingerprint density at radius 2 is 2.10 bits per heavy atom. The van der Waals surface area contributed by atoms with Crippen molar-refractivity contribution in [3.8, 4) is 5.75 Å². The molecule has 1 unspecified atom stereocenters. The van der Waals surface area contributed by atoms with Gasteiger partial charge in [0.05, 0.1) is 0 Å². The molecule has 0 aliphatic carbocycles. The van der Waals surface area contributed by atoms with Gasteiger partial charge in [0, 0.05) is 12.0 Å². The van der Waals surface area contributed by atoms with Gasteiger partial charge >= 0.3 is 0 Å². The average molecular weight is 287 g/mol. The Balaban J connectivity index is 1.87. The van der Waals surface area contributed by atoms with Gasteiger partial charge in [0.15, 0.2) is 0 Å². The number of para-hydroxylation sites is 1. The molecule has 3 rings (SSSR count). The van der Waals surface area contributed by atoms with E-state index in [2.05, 4.69) is 51.2 Å². The smallest absolute Gasteiger partial charge is 0.126 e. The van der Waals surface area contributed by atoms with E-state index >= 15 is 0 Å². The van der Waals surface area contributed by atoms with Crippen LogP contribution in [0.4, 0.5) is 0 Å². The number of nitrogens with one attached hydrogen (secondary N) is 1. The number of benzene rings is 1. The van der Waals surface area contributed by atoms with Gasteiger partial charge in [-0.15, -0.1) is 0 Å². The second-order valence-electron chi connectivity index (χ2n) is 8.03. The molecule has 0 saturated carbocycles. The highest BCUT2D eigenvalue weighted by Crippen LogP contribution is 2.40. The van der Waals surface area contributed by atoms with Crippen LogP contribution in [0.15, 0.2) is 18.2 Å². The minimum Gasteiger partial charge on any atom is -0.487 e. The van der Waals surface area contributed by atoms with Crippen molar-refractivity contribution in [1.82, 2.24) is 5.32 Å². The maximum absolute atomic E-state index is 6.26. The normalized spacial score (nSPS) is 26.9. The molecule has 1 saturated heterocycles. The standard InChI is InChI=1S/C19H29NO/c1-14(2)11-19(9-6-10-20-19)13-16-8-5-7-15-12-18(3,4)21-17(15)16/h5,7-8,14,20H,6,9-13H2,1-4H3. The van der Waals surface area contributed by atoms with Crippen LogP contribution >= 0.6 is 0 Å². The molecule has 0 aromatic heterocycles. The molecule has 1 fully saturated rings. The van der Waals surface area contributed by atoms with Gasteiger partial charge in [0.1, 0.15) is 11.4 Å². The molecule has 2 aliphatic heterocycles. The van der Waals surface area contributed by atoms with Gasteiger partial charge in [-0.05, 0) is 63.1 Å². The topological polar surface area (TPSA) is 21.3 Å². The lowest BCUT2D eigenvalue weighted by Crippen LogP contribution is -2.43. The van der Waals surface area contributed by atoms with Crippen molar-refractivity contribution in [2.24, 2.45) is 5.92 Å². The van der Waals surface area contributed by atoms with Crippen LogP contribution in [0.3, 0.4) is 0 Å². The predicted molar refractivity (Wildman–Crippen MR) is 88.0 cm³/mol. The molecule has 116 valence electrons. The Hall–Kier alpha value is -1.02. The third kappa shape index (κ3) is 3.11. The fraction of sp³-hybridized carbons (Fsp3) is 0.684. The Bertz CT molecular complexity index is 512. The number of hydrogen-bond donors (Lipinski definition) is 1. The van der Waals surface area contributed by atoms with Crippen molar-refractivity contribution in [2.75, 3.05) is 6.54 Å². The quantitative estimate of drug-likeness (QED) is 0.900. The monoisotopic (exact) mass is 287 g/mol. The predicted octanol–water partition coefficient (Wildman–Crippen LogP) is 4.11. The number of fused-ring (bicyclic) bond motifs is 1. The van der Waals surface area contributed by atoms with Gasteiger partial charge in [0.2, 0.25) is 0 Å². The first kappa shape index (κ1) is 14.9.